The summed E-state index contributed by atoms with van der Waals surface area (Å²) in [6, 6.07) is 9.83. The molecule has 2 aromatic rings. The molecule has 0 atom stereocenters. The molecule has 0 saturated carbocycles. The molecule has 0 aliphatic carbocycles. The number of carbonyl (C=O) groups is 1. The van der Waals surface area contributed by atoms with Gasteiger partial charge in [0.15, 0.2) is 0 Å². The fourth-order valence-corrected chi connectivity index (χ4v) is 3.47. The molecule has 8 heteroatoms. The van der Waals surface area contributed by atoms with Gasteiger partial charge in [0.05, 0.1) is 4.90 Å². The molecule has 5 nitrogen and oxygen atoms in total. The van der Waals surface area contributed by atoms with Crippen molar-refractivity contribution in [3.8, 4) is 0 Å². The monoisotopic (exact) mass is 384 g/mol. The van der Waals surface area contributed by atoms with Crippen LogP contribution in [0.4, 0.5) is 10.1 Å². The third-order valence-corrected chi connectivity index (χ3v) is 5.47. The molecule has 25 heavy (non-hydrogen) atoms. The normalized spacial score (nSPS) is 11.4. The Kier molecular flexibility index (Phi) is 6.16. The molecule has 1 N–H and O–H groups in total. The number of nitrogens with zero attached hydrogens (tertiary/aromatic N) is 1. The van der Waals surface area contributed by atoms with Crippen molar-refractivity contribution in [2.75, 3.05) is 18.0 Å². The molecular weight excluding hydrogens is 367 g/mol. The Hall–Kier alpha value is -1.96. The molecule has 0 saturated heterocycles. The number of amides is 1. The number of anilines is 1. The molecule has 0 radical (unpaired) electrons. The van der Waals surface area contributed by atoms with Crippen LogP contribution in [0.5, 0.6) is 0 Å². The highest BCUT2D eigenvalue weighted by atomic mass is 35.5. The Morgan fingerprint density at radius 3 is 2.40 bits per heavy atom. The zero-order valence-electron chi connectivity index (χ0n) is 13.8. The number of sulfonamides is 1. The molecule has 0 unspecified atom stereocenters. The summed E-state index contributed by atoms with van der Waals surface area (Å²) in [6.07, 6.45) is 0. The summed E-state index contributed by atoms with van der Waals surface area (Å²) in [5, 5.41) is 0.484. The summed E-state index contributed by atoms with van der Waals surface area (Å²) in [4.78, 5) is 13.2. The maximum Gasteiger partial charge on any atom is 0.240 e. The summed E-state index contributed by atoms with van der Waals surface area (Å²) >= 11 is 5.90. The van der Waals surface area contributed by atoms with Gasteiger partial charge in [-0.25, -0.2) is 17.5 Å². The standard InChI is InChI=1S/C17H18ClFN2O3S/c1-12-11-16(7-8-17(12)18)25(23,24)20-9-10-21(13(2)22)15-5-3-14(19)4-6-15/h3-8,11,20H,9-10H2,1-2H3. The predicted octanol–water partition coefficient (Wildman–Crippen LogP) is 3.12. The van der Waals surface area contributed by atoms with Crippen molar-refractivity contribution < 1.29 is 17.6 Å². The van der Waals surface area contributed by atoms with E-state index in [4.69, 9.17) is 11.6 Å². The van der Waals surface area contributed by atoms with E-state index in [1.165, 1.54) is 54.3 Å². The zero-order valence-corrected chi connectivity index (χ0v) is 15.4. The van der Waals surface area contributed by atoms with E-state index in [2.05, 4.69) is 4.72 Å². The average molecular weight is 385 g/mol. The SMILES string of the molecule is CC(=O)N(CCNS(=O)(=O)c1ccc(Cl)c(C)c1)c1ccc(F)cc1. The lowest BCUT2D eigenvalue weighted by atomic mass is 10.2. The molecule has 0 fully saturated rings. The Morgan fingerprint density at radius 1 is 1.20 bits per heavy atom. The first-order valence-corrected chi connectivity index (χ1v) is 9.36. The van der Waals surface area contributed by atoms with Crippen LogP contribution in [0.15, 0.2) is 47.4 Å². The van der Waals surface area contributed by atoms with E-state index in [1.54, 1.807) is 6.92 Å². The van der Waals surface area contributed by atoms with E-state index in [9.17, 15) is 17.6 Å². The summed E-state index contributed by atoms with van der Waals surface area (Å²) < 4.78 is 40.1. The van der Waals surface area contributed by atoms with E-state index < -0.39 is 15.8 Å². The van der Waals surface area contributed by atoms with Crippen LogP contribution in [-0.4, -0.2) is 27.4 Å². The molecule has 0 aliphatic heterocycles. The van der Waals surface area contributed by atoms with Crippen LogP contribution in [0.25, 0.3) is 0 Å². The van der Waals surface area contributed by atoms with Crippen LogP contribution in [0, 0.1) is 12.7 Å². The molecule has 1 amide bonds. The van der Waals surface area contributed by atoms with Crippen LogP contribution in [0.1, 0.15) is 12.5 Å². The first-order valence-electron chi connectivity index (χ1n) is 7.50. The average Bonchev–Trinajstić information content (AvgIpc) is 2.55. The molecule has 134 valence electrons. The largest absolute Gasteiger partial charge is 0.311 e. The number of hydrogen-bond donors (Lipinski definition) is 1. The summed E-state index contributed by atoms with van der Waals surface area (Å²) in [6.45, 7) is 3.21. The van der Waals surface area contributed by atoms with Crippen LogP contribution in [0.2, 0.25) is 5.02 Å². The molecular formula is C17H18ClFN2O3S. The third kappa shape index (κ3) is 5.01. The van der Waals surface area contributed by atoms with Crippen molar-refractivity contribution in [3.05, 3.63) is 58.9 Å². The number of benzene rings is 2. The fourth-order valence-electron chi connectivity index (χ4n) is 2.25. The number of halogens is 2. The van der Waals surface area contributed by atoms with E-state index in [0.717, 1.165) is 0 Å². The molecule has 0 bridgehead atoms. The minimum absolute atomic E-state index is 0.0148. The van der Waals surface area contributed by atoms with Crippen LogP contribution < -0.4 is 9.62 Å². The Labute approximate surface area is 151 Å². The van der Waals surface area contributed by atoms with Gasteiger partial charge in [-0.15, -0.1) is 0 Å². The number of rotatable bonds is 6. The maximum atomic E-state index is 13.0. The van der Waals surface area contributed by atoms with Crippen molar-refractivity contribution >= 4 is 33.2 Å². The maximum absolute atomic E-state index is 13.0. The number of carbonyl (C=O) groups excluding carboxylic acids is 1. The number of hydrogen-bond acceptors (Lipinski definition) is 3. The molecule has 0 heterocycles. The van der Waals surface area contributed by atoms with Crippen molar-refractivity contribution in [2.45, 2.75) is 18.7 Å². The quantitative estimate of drug-likeness (QED) is 0.832. The highest BCUT2D eigenvalue weighted by Gasteiger charge is 2.17. The second kappa shape index (κ2) is 7.95. The van der Waals surface area contributed by atoms with Gasteiger partial charge in [-0.05, 0) is 55.0 Å². The van der Waals surface area contributed by atoms with E-state index in [1.807, 2.05) is 0 Å². The Balaban J connectivity index is 2.07. The molecule has 0 aliphatic rings. The van der Waals surface area contributed by atoms with Crippen LogP contribution >= 0.6 is 11.6 Å². The van der Waals surface area contributed by atoms with Gasteiger partial charge in [0, 0.05) is 30.7 Å². The topological polar surface area (TPSA) is 66.5 Å². The highest BCUT2D eigenvalue weighted by molar-refractivity contribution is 7.89. The van der Waals surface area contributed by atoms with Gasteiger partial charge in [-0.2, -0.15) is 0 Å². The number of nitrogens with one attached hydrogen (secondary N) is 1. The van der Waals surface area contributed by atoms with Crippen molar-refractivity contribution in [2.24, 2.45) is 0 Å². The van der Waals surface area contributed by atoms with Crippen molar-refractivity contribution in [1.82, 2.24) is 4.72 Å². The van der Waals surface area contributed by atoms with Gasteiger partial charge in [-0.1, -0.05) is 11.6 Å². The molecule has 2 rings (SSSR count). The van der Waals surface area contributed by atoms with Crippen molar-refractivity contribution in [3.63, 3.8) is 0 Å². The van der Waals surface area contributed by atoms with Gasteiger partial charge in [-0.3, -0.25) is 4.79 Å². The second-order valence-electron chi connectivity index (χ2n) is 5.46. The number of aryl methyl sites for hydroxylation is 1. The lowest BCUT2D eigenvalue weighted by Gasteiger charge is -2.21. The lowest BCUT2D eigenvalue weighted by Crippen LogP contribution is -2.37. The Morgan fingerprint density at radius 2 is 1.84 bits per heavy atom. The molecule has 2 aromatic carbocycles. The van der Waals surface area contributed by atoms with E-state index in [0.29, 0.717) is 16.3 Å². The first-order chi connectivity index (χ1) is 11.7. The minimum Gasteiger partial charge on any atom is -0.311 e. The van der Waals surface area contributed by atoms with Gasteiger partial charge in [0.25, 0.3) is 0 Å². The van der Waals surface area contributed by atoms with Gasteiger partial charge in [0.2, 0.25) is 15.9 Å². The van der Waals surface area contributed by atoms with E-state index in [-0.39, 0.29) is 23.9 Å². The van der Waals surface area contributed by atoms with Gasteiger partial charge < -0.3 is 4.90 Å². The summed E-state index contributed by atoms with van der Waals surface area (Å²) in [5.41, 5.74) is 1.15. The molecule has 0 aromatic heterocycles. The summed E-state index contributed by atoms with van der Waals surface area (Å²) in [7, 11) is -3.72. The van der Waals surface area contributed by atoms with Crippen LogP contribution in [-0.2, 0) is 14.8 Å². The third-order valence-electron chi connectivity index (χ3n) is 3.59. The van der Waals surface area contributed by atoms with Crippen molar-refractivity contribution in [1.29, 1.82) is 0 Å². The zero-order chi connectivity index (χ0) is 18.6. The Bertz CT molecular complexity index is 870. The summed E-state index contributed by atoms with van der Waals surface area (Å²) in [5.74, 6) is -0.681. The van der Waals surface area contributed by atoms with Crippen LogP contribution in [0.3, 0.4) is 0 Å². The van der Waals surface area contributed by atoms with Gasteiger partial charge >= 0.3 is 0 Å². The van der Waals surface area contributed by atoms with Gasteiger partial charge in [0.1, 0.15) is 5.82 Å². The second-order valence-corrected chi connectivity index (χ2v) is 7.63. The lowest BCUT2D eigenvalue weighted by molar-refractivity contribution is -0.116. The molecule has 0 spiro atoms. The minimum atomic E-state index is -3.72. The first kappa shape index (κ1) is 19.4. The predicted molar refractivity (Wildman–Crippen MR) is 95.8 cm³/mol. The van der Waals surface area contributed by atoms with E-state index >= 15 is 0 Å². The highest BCUT2D eigenvalue weighted by Crippen LogP contribution is 2.19. The smallest absolute Gasteiger partial charge is 0.240 e. The fraction of sp³-hybridized carbons (Fsp3) is 0.235.